The van der Waals surface area contributed by atoms with Gasteiger partial charge in [-0.2, -0.15) is 11.3 Å². The van der Waals surface area contributed by atoms with Gasteiger partial charge in [-0.15, -0.1) is 0 Å². The van der Waals surface area contributed by atoms with Gasteiger partial charge in [0.05, 0.1) is 7.11 Å². The molecule has 0 spiro atoms. The van der Waals surface area contributed by atoms with Crippen LogP contribution in [0.2, 0.25) is 0 Å². The largest absolute Gasteiger partial charge is 0.496 e. The molecule has 0 atom stereocenters. The van der Waals surface area contributed by atoms with Gasteiger partial charge in [0.1, 0.15) is 5.75 Å². The molecule has 0 aliphatic carbocycles. The van der Waals surface area contributed by atoms with Gasteiger partial charge in [0, 0.05) is 24.5 Å². The lowest BCUT2D eigenvalue weighted by atomic mass is 10.0. The summed E-state index contributed by atoms with van der Waals surface area (Å²) in [5, 5.41) is 5.97. The highest BCUT2D eigenvalue weighted by molar-refractivity contribution is 7.07. The van der Waals surface area contributed by atoms with Crippen LogP contribution in [0.5, 0.6) is 5.75 Å². The Kier molecular flexibility index (Phi) is 4.11. The molecule has 0 bridgehead atoms. The third kappa shape index (κ3) is 2.70. The molecule has 0 radical (unpaired) electrons. The average molecular weight is 311 g/mol. The Morgan fingerprint density at radius 2 is 1.91 bits per heavy atom. The van der Waals surface area contributed by atoms with Gasteiger partial charge in [-0.3, -0.25) is 4.79 Å². The Bertz CT molecular complexity index is 796. The predicted molar refractivity (Wildman–Crippen MR) is 90.6 cm³/mol. The van der Waals surface area contributed by atoms with Crippen molar-refractivity contribution in [1.82, 2.24) is 4.90 Å². The maximum atomic E-state index is 12.8. The van der Waals surface area contributed by atoms with E-state index in [4.69, 9.17) is 4.74 Å². The Labute approximate surface area is 133 Å². The number of methoxy groups -OCH3 is 1. The summed E-state index contributed by atoms with van der Waals surface area (Å²) in [4.78, 5) is 14.5. The molecule has 3 nitrogen and oxygen atoms in total. The van der Waals surface area contributed by atoms with Crippen LogP contribution in [0.25, 0.3) is 10.8 Å². The number of benzene rings is 2. The van der Waals surface area contributed by atoms with E-state index in [1.807, 2.05) is 54.9 Å². The van der Waals surface area contributed by atoms with Crippen molar-refractivity contribution < 1.29 is 9.53 Å². The van der Waals surface area contributed by atoms with E-state index < -0.39 is 0 Å². The quantitative estimate of drug-likeness (QED) is 0.723. The fraction of sp³-hybridized carbons (Fsp3) is 0.167. The molecule has 0 saturated heterocycles. The summed E-state index contributed by atoms with van der Waals surface area (Å²) in [6.07, 6.45) is 0. The van der Waals surface area contributed by atoms with E-state index >= 15 is 0 Å². The first-order chi connectivity index (χ1) is 10.7. The number of hydrogen-bond acceptors (Lipinski definition) is 3. The van der Waals surface area contributed by atoms with Crippen molar-refractivity contribution in [2.24, 2.45) is 0 Å². The van der Waals surface area contributed by atoms with E-state index in [1.54, 1.807) is 23.3 Å². The van der Waals surface area contributed by atoms with Crippen molar-refractivity contribution in [3.8, 4) is 5.75 Å². The SMILES string of the molecule is COc1ccc(C(=O)N(C)Cc2ccsc2)c2ccccc12. The van der Waals surface area contributed by atoms with Crippen LogP contribution in [0.3, 0.4) is 0 Å². The van der Waals surface area contributed by atoms with Gasteiger partial charge in [-0.25, -0.2) is 0 Å². The molecule has 3 aromatic rings. The normalized spacial score (nSPS) is 10.6. The summed E-state index contributed by atoms with van der Waals surface area (Å²) in [5.74, 6) is 0.803. The molecule has 112 valence electrons. The van der Waals surface area contributed by atoms with Gasteiger partial charge in [-0.1, -0.05) is 24.3 Å². The Hall–Kier alpha value is -2.33. The van der Waals surface area contributed by atoms with E-state index in [2.05, 4.69) is 5.38 Å². The number of rotatable bonds is 4. The van der Waals surface area contributed by atoms with Crippen LogP contribution in [0, 0.1) is 0 Å². The third-order valence-corrected chi connectivity index (χ3v) is 4.41. The van der Waals surface area contributed by atoms with Crippen molar-refractivity contribution in [3.05, 3.63) is 64.4 Å². The fourth-order valence-electron chi connectivity index (χ4n) is 2.57. The molecule has 0 saturated carbocycles. The highest BCUT2D eigenvalue weighted by Gasteiger charge is 2.16. The molecule has 1 amide bonds. The molecule has 0 aliphatic heterocycles. The van der Waals surface area contributed by atoms with Crippen molar-refractivity contribution in [2.45, 2.75) is 6.54 Å². The second-order valence-corrected chi connectivity index (χ2v) is 5.93. The number of nitrogens with zero attached hydrogens (tertiary/aromatic N) is 1. The van der Waals surface area contributed by atoms with Gasteiger partial charge < -0.3 is 9.64 Å². The molecule has 0 N–H and O–H groups in total. The number of carbonyl (C=O) groups is 1. The molecule has 1 heterocycles. The van der Waals surface area contributed by atoms with E-state index in [0.717, 1.165) is 22.1 Å². The number of carbonyl (C=O) groups excluding carboxylic acids is 1. The van der Waals surface area contributed by atoms with Crippen LogP contribution < -0.4 is 4.74 Å². The van der Waals surface area contributed by atoms with Crippen molar-refractivity contribution in [1.29, 1.82) is 0 Å². The zero-order chi connectivity index (χ0) is 15.5. The minimum Gasteiger partial charge on any atom is -0.496 e. The number of thiophene rings is 1. The van der Waals surface area contributed by atoms with Crippen molar-refractivity contribution in [2.75, 3.05) is 14.2 Å². The zero-order valence-electron chi connectivity index (χ0n) is 12.6. The summed E-state index contributed by atoms with van der Waals surface area (Å²) >= 11 is 1.64. The molecular weight excluding hydrogens is 294 g/mol. The van der Waals surface area contributed by atoms with Crippen molar-refractivity contribution in [3.63, 3.8) is 0 Å². The van der Waals surface area contributed by atoms with E-state index in [0.29, 0.717) is 12.1 Å². The van der Waals surface area contributed by atoms with Crippen molar-refractivity contribution >= 4 is 28.0 Å². The van der Waals surface area contributed by atoms with Gasteiger partial charge in [-0.05, 0) is 39.9 Å². The molecule has 0 fully saturated rings. The van der Waals surface area contributed by atoms with Gasteiger partial charge >= 0.3 is 0 Å². The van der Waals surface area contributed by atoms with Crippen LogP contribution >= 0.6 is 11.3 Å². The molecule has 22 heavy (non-hydrogen) atoms. The number of amides is 1. The zero-order valence-corrected chi connectivity index (χ0v) is 13.4. The lowest BCUT2D eigenvalue weighted by Gasteiger charge is -2.18. The topological polar surface area (TPSA) is 29.5 Å². The second-order valence-electron chi connectivity index (χ2n) is 5.15. The molecular formula is C18H17NO2S. The van der Waals surface area contributed by atoms with Gasteiger partial charge in [0.2, 0.25) is 0 Å². The van der Waals surface area contributed by atoms with Crippen LogP contribution in [0.1, 0.15) is 15.9 Å². The summed E-state index contributed by atoms with van der Waals surface area (Å²) in [7, 11) is 3.48. The van der Waals surface area contributed by atoms with E-state index in [-0.39, 0.29) is 5.91 Å². The monoisotopic (exact) mass is 311 g/mol. The second kappa shape index (κ2) is 6.20. The molecule has 2 aromatic carbocycles. The first-order valence-electron chi connectivity index (χ1n) is 7.03. The van der Waals surface area contributed by atoms with Gasteiger partial charge in [0.25, 0.3) is 5.91 Å². The van der Waals surface area contributed by atoms with E-state index in [1.165, 1.54) is 0 Å². The first kappa shape index (κ1) is 14.6. The van der Waals surface area contributed by atoms with Crippen LogP contribution in [-0.4, -0.2) is 25.0 Å². The maximum Gasteiger partial charge on any atom is 0.254 e. The predicted octanol–water partition coefficient (Wildman–Crippen LogP) is 4.18. The minimum atomic E-state index is 0.0186. The lowest BCUT2D eigenvalue weighted by molar-refractivity contribution is 0.0787. The summed E-state index contributed by atoms with van der Waals surface area (Å²) < 4.78 is 5.38. The summed E-state index contributed by atoms with van der Waals surface area (Å²) in [5.41, 5.74) is 1.85. The highest BCUT2D eigenvalue weighted by atomic mass is 32.1. The molecule has 1 aromatic heterocycles. The molecule has 0 unspecified atom stereocenters. The number of fused-ring (bicyclic) bond motifs is 1. The Morgan fingerprint density at radius 3 is 2.59 bits per heavy atom. The average Bonchev–Trinajstić information content (AvgIpc) is 3.06. The minimum absolute atomic E-state index is 0.0186. The number of ether oxygens (including phenoxy) is 1. The molecule has 3 rings (SSSR count). The van der Waals surface area contributed by atoms with Crippen LogP contribution in [-0.2, 0) is 6.54 Å². The third-order valence-electron chi connectivity index (χ3n) is 3.68. The Balaban J connectivity index is 1.97. The first-order valence-corrected chi connectivity index (χ1v) is 7.97. The smallest absolute Gasteiger partial charge is 0.254 e. The highest BCUT2D eigenvalue weighted by Crippen LogP contribution is 2.29. The van der Waals surface area contributed by atoms with Crippen LogP contribution in [0.4, 0.5) is 0 Å². The van der Waals surface area contributed by atoms with Crippen LogP contribution in [0.15, 0.2) is 53.2 Å². The fourth-order valence-corrected chi connectivity index (χ4v) is 3.23. The molecule has 4 heteroatoms. The molecule has 0 aliphatic rings. The lowest BCUT2D eigenvalue weighted by Crippen LogP contribution is -2.26. The van der Waals surface area contributed by atoms with E-state index in [9.17, 15) is 4.79 Å². The van der Waals surface area contributed by atoms with Gasteiger partial charge in [0.15, 0.2) is 0 Å². The standard InChI is InChI=1S/C18H17NO2S/c1-19(11-13-9-10-22-12-13)18(20)16-7-8-17(21-2)15-6-4-3-5-14(15)16/h3-10,12H,11H2,1-2H3. The summed E-state index contributed by atoms with van der Waals surface area (Å²) in [6, 6.07) is 13.6. The summed E-state index contributed by atoms with van der Waals surface area (Å²) in [6.45, 7) is 0.614. The Morgan fingerprint density at radius 1 is 1.14 bits per heavy atom. The number of hydrogen-bond donors (Lipinski definition) is 0. The maximum absolute atomic E-state index is 12.8.